The zero-order valence-electron chi connectivity index (χ0n) is 10.1. The van der Waals surface area contributed by atoms with Crippen molar-refractivity contribution in [2.75, 3.05) is 0 Å². The predicted molar refractivity (Wildman–Crippen MR) is 69.1 cm³/mol. The van der Waals surface area contributed by atoms with Crippen molar-refractivity contribution >= 4 is 12.4 Å². The molecule has 17 heavy (non-hydrogen) atoms. The van der Waals surface area contributed by atoms with Crippen molar-refractivity contribution in [2.24, 2.45) is 0 Å². The monoisotopic (exact) mass is 255 g/mol. The van der Waals surface area contributed by atoms with E-state index in [0.29, 0.717) is 6.04 Å². The van der Waals surface area contributed by atoms with Crippen LogP contribution in [0.4, 0.5) is 0 Å². The van der Waals surface area contributed by atoms with E-state index in [2.05, 4.69) is 24.3 Å². The van der Waals surface area contributed by atoms with Crippen molar-refractivity contribution in [3.05, 3.63) is 42.1 Å². The summed E-state index contributed by atoms with van der Waals surface area (Å²) in [6.07, 6.45) is 3.69. The van der Waals surface area contributed by atoms with Gasteiger partial charge in [0.25, 0.3) is 0 Å². The van der Waals surface area contributed by atoms with Gasteiger partial charge in [0, 0.05) is 18.8 Å². The lowest BCUT2D eigenvalue weighted by Gasteiger charge is -2.04. The van der Waals surface area contributed by atoms with Gasteiger partial charge in [-0.2, -0.15) is 5.10 Å². The van der Waals surface area contributed by atoms with Gasteiger partial charge in [-0.3, -0.25) is 4.68 Å². The summed E-state index contributed by atoms with van der Waals surface area (Å²) < 4.78 is 7.19. The standard InChI is InChI=1S/C12H17N3O.ClH/c1-10(2)15-6-5-11(14-15)8-13-9-12-4-3-7-16-12;/h3-7,10,13H,8-9H2,1-2H3;1H. The highest BCUT2D eigenvalue weighted by molar-refractivity contribution is 5.85. The number of hydrogen-bond donors (Lipinski definition) is 1. The molecule has 0 aliphatic rings. The average Bonchev–Trinajstić information content (AvgIpc) is 2.87. The molecule has 4 nitrogen and oxygen atoms in total. The summed E-state index contributed by atoms with van der Waals surface area (Å²) in [5.41, 5.74) is 1.06. The van der Waals surface area contributed by atoms with E-state index in [9.17, 15) is 0 Å². The van der Waals surface area contributed by atoms with Gasteiger partial charge >= 0.3 is 0 Å². The van der Waals surface area contributed by atoms with Gasteiger partial charge in [-0.1, -0.05) is 0 Å². The summed E-state index contributed by atoms with van der Waals surface area (Å²) in [5, 5.41) is 7.74. The van der Waals surface area contributed by atoms with Crippen LogP contribution in [0.3, 0.4) is 0 Å². The maximum absolute atomic E-state index is 5.23. The van der Waals surface area contributed by atoms with Crippen molar-refractivity contribution in [3.8, 4) is 0 Å². The van der Waals surface area contributed by atoms with Gasteiger partial charge in [0.1, 0.15) is 5.76 Å². The summed E-state index contributed by atoms with van der Waals surface area (Å²) in [7, 11) is 0. The van der Waals surface area contributed by atoms with Gasteiger partial charge in [0.2, 0.25) is 0 Å². The van der Waals surface area contributed by atoms with E-state index in [1.165, 1.54) is 0 Å². The molecule has 0 aliphatic heterocycles. The maximum atomic E-state index is 5.23. The first-order valence-electron chi connectivity index (χ1n) is 5.53. The molecular weight excluding hydrogens is 238 g/mol. The number of halogens is 1. The summed E-state index contributed by atoms with van der Waals surface area (Å²) in [5.74, 6) is 0.947. The second-order valence-corrected chi connectivity index (χ2v) is 4.06. The summed E-state index contributed by atoms with van der Waals surface area (Å²) in [6.45, 7) is 5.74. The molecule has 2 aromatic heterocycles. The Balaban J connectivity index is 0.00000144. The van der Waals surface area contributed by atoms with Crippen LogP contribution in [-0.4, -0.2) is 9.78 Å². The van der Waals surface area contributed by atoms with Gasteiger partial charge in [-0.05, 0) is 32.0 Å². The highest BCUT2D eigenvalue weighted by atomic mass is 35.5. The Bertz CT molecular complexity index is 423. The van der Waals surface area contributed by atoms with Crippen molar-refractivity contribution in [1.82, 2.24) is 15.1 Å². The molecule has 94 valence electrons. The Morgan fingerprint density at radius 3 is 2.76 bits per heavy atom. The summed E-state index contributed by atoms with van der Waals surface area (Å²) in [6, 6.07) is 6.30. The van der Waals surface area contributed by atoms with Crippen LogP contribution in [0, 0.1) is 0 Å². The smallest absolute Gasteiger partial charge is 0.117 e. The molecule has 2 rings (SSSR count). The van der Waals surface area contributed by atoms with Crippen LogP contribution in [0.5, 0.6) is 0 Å². The lowest BCUT2D eigenvalue weighted by molar-refractivity contribution is 0.478. The molecule has 0 saturated heterocycles. The minimum atomic E-state index is 0. The highest BCUT2D eigenvalue weighted by Gasteiger charge is 2.01. The maximum Gasteiger partial charge on any atom is 0.117 e. The van der Waals surface area contributed by atoms with Gasteiger partial charge in [-0.25, -0.2) is 0 Å². The van der Waals surface area contributed by atoms with Crippen molar-refractivity contribution in [2.45, 2.75) is 33.0 Å². The van der Waals surface area contributed by atoms with Crippen LogP contribution in [-0.2, 0) is 13.1 Å². The quantitative estimate of drug-likeness (QED) is 0.893. The third-order valence-electron chi connectivity index (χ3n) is 2.38. The first-order chi connectivity index (χ1) is 7.75. The zero-order valence-corrected chi connectivity index (χ0v) is 10.9. The average molecular weight is 256 g/mol. The van der Waals surface area contributed by atoms with Gasteiger partial charge < -0.3 is 9.73 Å². The largest absolute Gasteiger partial charge is 0.468 e. The van der Waals surface area contributed by atoms with Crippen LogP contribution in [0.2, 0.25) is 0 Å². The van der Waals surface area contributed by atoms with Gasteiger partial charge in [-0.15, -0.1) is 12.4 Å². The van der Waals surface area contributed by atoms with E-state index in [1.54, 1.807) is 6.26 Å². The second kappa shape index (κ2) is 6.47. The number of nitrogens with zero attached hydrogens (tertiary/aromatic N) is 2. The SMILES string of the molecule is CC(C)n1ccc(CNCc2ccco2)n1.Cl. The Hall–Kier alpha value is -1.26. The van der Waals surface area contributed by atoms with Crippen LogP contribution in [0.25, 0.3) is 0 Å². The Morgan fingerprint density at radius 2 is 2.18 bits per heavy atom. The lowest BCUT2D eigenvalue weighted by atomic mass is 10.4. The number of aromatic nitrogens is 2. The van der Waals surface area contributed by atoms with E-state index in [-0.39, 0.29) is 12.4 Å². The molecule has 0 radical (unpaired) electrons. The third-order valence-corrected chi connectivity index (χ3v) is 2.38. The molecule has 0 atom stereocenters. The van der Waals surface area contributed by atoms with E-state index in [1.807, 2.05) is 29.1 Å². The predicted octanol–water partition coefficient (Wildman–Crippen LogP) is 2.77. The van der Waals surface area contributed by atoms with E-state index < -0.39 is 0 Å². The van der Waals surface area contributed by atoms with Crippen LogP contribution < -0.4 is 5.32 Å². The molecule has 0 unspecified atom stereocenters. The normalized spacial score (nSPS) is 10.5. The molecule has 2 heterocycles. The summed E-state index contributed by atoms with van der Waals surface area (Å²) in [4.78, 5) is 0. The van der Waals surface area contributed by atoms with Gasteiger partial charge in [0.15, 0.2) is 0 Å². The minimum absolute atomic E-state index is 0. The molecule has 0 fully saturated rings. The molecular formula is C12H18ClN3O. The number of hydrogen-bond acceptors (Lipinski definition) is 3. The third kappa shape index (κ3) is 3.91. The topological polar surface area (TPSA) is 43.0 Å². The molecule has 0 amide bonds. The zero-order chi connectivity index (χ0) is 11.4. The van der Waals surface area contributed by atoms with Crippen LogP contribution in [0.1, 0.15) is 31.3 Å². The Morgan fingerprint density at radius 1 is 1.35 bits per heavy atom. The van der Waals surface area contributed by atoms with Crippen LogP contribution >= 0.6 is 12.4 Å². The molecule has 0 bridgehead atoms. The molecule has 1 N–H and O–H groups in total. The number of furan rings is 1. The van der Waals surface area contributed by atoms with E-state index in [0.717, 1.165) is 24.5 Å². The van der Waals surface area contributed by atoms with Gasteiger partial charge in [0.05, 0.1) is 18.5 Å². The van der Waals surface area contributed by atoms with Crippen LogP contribution in [0.15, 0.2) is 35.1 Å². The molecule has 0 aliphatic carbocycles. The summed E-state index contributed by atoms with van der Waals surface area (Å²) >= 11 is 0. The van der Waals surface area contributed by atoms with E-state index >= 15 is 0 Å². The fraction of sp³-hybridized carbons (Fsp3) is 0.417. The van der Waals surface area contributed by atoms with E-state index in [4.69, 9.17) is 4.42 Å². The lowest BCUT2D eigenvalue weighted by Crippen LogP contribution is -2.13. The molecule has 0 aromatic carbocycles. The fourth-order valence-electron chi connectivity index (χ4n) is 1.49. The molecule has 0 saturated carbocycles. The number of rotatable bonds is 5. The Labute approximate surface area is 107 Å². The molecule has 2 aromatic rings. The van der Waals surface area contributed by atoms with Crippen molar-refractivity contribution in [1.29, 1.82) is 0 Å². The first kappa shape index (κ1) is 13.8. The van der Waals surface area contributed by atoms with Crippen molar-refractivity contribution in [3.63, 3.8) is 0 Å². The Kier molecular flexibility index (Phi) is 5.25. The second-order valence-electron chi connectivity index (χ2n) is 4.06. The number of nitrogens with one attached hydrogen (secondary N) is 1. The fourth-order valence-corrected chi connectivity index (χ4v) is 1.49. The van der Waals surface area contributed by atoms with Crippen molar-refractivity contribution < 1.29 is 4.42 Å². The molecule has 5 heteroatoms. The molecule has 0 spiro atoms. The first-order valence-corrected chi connectivity index (χ1v) is 5.53. The minimum Gasteiger partial charge on any atom is -0.468 e. The highest BCUT2D eigenvalue weighted by Crippen LogP contribution is 2.04.